The van der Waals surface area contributed by atoms with Crippen molar-refractivity contribution in [3.05, 3.63) is 34.0 Å². The van der Waals surface area contributed by atoms with E-state index in [-0.39, 0.29) is 0 Å². The second-order valence-electron chi connectivity index (χ2n) is 4.88. The summed E-state index contributed by atoms with van der Waals surface area (Å²) in [5.74, 6) is 1.19. The normalized spacial score (nSPS) is 11.0. The van der Waals surface area contributed by atoms with Crippen LogP contribution in [0.1, 0.15) is 22.2 Å². The van der Waals surface area contributed by atoms with Gasteiger partial charge in [0.2, 0.25) is 5.75 Å². The Kier molecular flexibility index (Phi) is 6.24. The Hall–Kier alpha value is -2.74. The number of thiophene rings is 1. The molecule has 0 aliphatic carbocycles. The van der Waals surface area contributed by atoms with Crippen LogP contribution in [0.15, 0.2) is 28.7 Å². The van der Waals surface area contributed by atoms with E-state index >= 15 is 0 Å². The maximum atomic E-state index is 11.7. The minimum absolute atomic E-state index is 0.405. The number of ether oxygens (including phenoxy) is 4. The zero-order valence-corrected chi connectivity index (χ0v) is 15.5. The van der Waals surface area contributed by atoms with Crippen molar-refractivity contribution in [3.8, 4) is 17.2 Å². The molecular weight excluding hydrogens is 344 g/mol. The van der Waals surface area contributed by atoms with Crippen molar-refractivity contribution in [3.63, 3.8) is 0 Å². The van der Waals surface area contributed by atoms with E-state index in [1.54, 1.807) is 44.9 Å². The van der Waals surface area contributed by atoms with Crippen molar-refractivity contribution < 1.29 is 23.7 Å². The lowest BCUT2D eigenvalue weighted by atomic mass is 10.1. The molecule has 0 aliphatic heterocycles. The Morgan fingerprint density at radius 3 is 2.24 bits per heavy atom. The van der Waals surface area contributed by atoms with Crippen molar-refractivity contribution in [1.29, 1.82) is 0 Å². The summed E-state index contributed by atoms with van der Waals surface area (Å²) in [7, 11) is 6.00. The van der Waals surface area contributed by atoms with Crippen LogP contribution in [0.25, 0.3) is 0 Å². The highest BCUT2D eigenvalue weighted by atomic mass is 32.1. The van der Waals surface area contributed by atoms with Crippen LogP contribution in [0.3, 0.4) is 0 Å². The van der Waals surface area contributed by atoms with Crippen LogP contribution in [0.2, 0.25) is 0 Å². The van der Waals surface area contributed by atoms with Gasteiger partial charge in [-0.1, -0.05) is 0 Å². The molecule has 2 aromatic rings. The number of carbonyl (C=O) groups excluding carboxylic acids is 1. The van der Waals surface area contributed by atoms with Gasteiger partial charge in [0.1, 0.15) is 4.88 Å². The first kappa shape index (κ1) is 18.6. The molecule has 0 spiro atoms. The Morgan fingerprint density at radius 1 is 1.08 bits per heavy atom. The van der Waals surface area contributed by atoms with Crippen molar-refractivity contribution in [2.24, 2.45) is 5.10 Å². The maximum absolute atomic E-state index is 11.7. The van der Waals surface area contributed by atoms with Crippen LogP contribution >= 0.6 is 11.3 Å². The van der Waals surface area contributed by atoms with Gasteiger partial charge in [0.25, 0.3) is 0 Å². The van der Waals surface area contributed by atoms with E-state index < -0.39 is 5.97 Å². The molecule has 134 valence electrons. The van der Waals surface area contributed by atoms with Gasteiger partial charge in [0.15, 0.2) is 11.5 Å². The number of esters is 1. The number of hydrogen-bond donors (Lipinski definition) is 1. The fourth-order valence-electron chi connectivity index (χ4n) is 2.15. The highest BCUT2D eigenvalue weighted by molar-refractivity contribution is 7.12. The smallest absolute Gasteiger partial charge is 0.350 e. The number of carbonyl (C=O) groups is 1. The van der Waals surface area contributed by atoms with Gasteiger partial charge in [0, 0.05) is 5.56 Å². The Labute approximate surface area is 150 Å². The number of nitrogens with zero attached hydrogens (tertiary/aromatic N) is 1. The van der Waals surface area contributed by atoms with E-state index in [0.29, 0.717) is 33.5 Å². The molecule has 8 heteroatoms. The SMILES string of the molecule is COC(=O)c1sccc1N/N=C(/C)c1cc(OC)c(OC)c(OC)c1. The third-order valence-electron chi connectivity index (χ3n) is 3.46. The Morgan fingerprint density at radius 2 is 1.72 bits per heavy atom. The maximum Gasteiger partial charge on any atom is 0.350 e. The van der Waals surface area contributed by atoms with Gasteiger partial charge in [-0.25, -0.2) is 4.79 Å². The van der Waals surface area contributed by atoms with Gasteiger partial charge in [-0.3, -0.25) is 5.43 Å². The summed E-state index contributed by atoms with van der Waals surface area (Å²) in [5.41, 5.74) is 4.95. The van der Waals surface area contributed by atoms with Crippen molar-refractivity contribution in [1.82, 2.24) is 0 Å². The fraction of sp³-hybridized carbons (Fsp3) is 0.294. The predicted molar refractivity (Wildman–Crippen MR) is 97.6 cm³/mol. The molecule has 1 aromatic carbocycles. The van der Waals surface area contributed by atoms with Crippen LogP contribution in [-0.2, 0) is 4.74 Å². The van der Waals surface area contributed by atoms with E-state index in [0.717, 1.165) is 5.56 Å². The summed E-state index contributed by atoms with van der Waals surface area (Å²) in [6.45, 7) is 1.83. The largest absolute Gasteiger partial charge is 0.493 e. The van der Waals surface area contributed by atoms with Crippen LogP contribution in [-0.4, -0.2) is 40.1 Å². The first-order valence-electron chi connectivity index (χ1n) is 7.32. The molecular formula is C17H20N2O5S. The molecule has 1 aromatic heterocycles. The second-order valence-corrected chi connectivity index (χ2v) is 5.79. The lowest BCUT2D eigenvalue weighted by Crippen LogP contribution is -2.05. The monoisotopic (exact) mass is 364 g/mol. The molecule has 0 saturated heterocycles. The molecule has 0 radical (unpaired) electrons. The fourth-order valence-corrected chi connectivity index (χ4v) is 2.91. The van der Waals surface area contributed by atoms with Crippen molar-refractivity contribution in [2.45, 2.75) is 6.92 Å². The minimum Gasteiger partial charge on any atom is -0.493 e. The molecule has 2 rings (SSSR count). The zero-order valence-electron chi connectivity index (χ0n) is 14.7. The lowest BCUT2D eigenvalue weighted by Gasteiger charge is -2.14. The highest BCUT2D eigenvalue weighted by Gasteiger charge is 2.15. The van der Waals surface area contributed by atoms with E-state index in [1.165, 1.54) is 18.4 Å². The molecule has 0 fully saturated rings. The minimum atomic E-state index is -0.405. The Balaban J connectivity index is 2.31. The summed E-state index contributed by atoms with van der Waals surface area (Å²) < 4.78 is 20.7. The first-order valence-corrected chi connectivity index (χ1v) is 8.20. The molecule has 7 nitrogen and oxygen atoms in total. The summed E-state index contributed by atoms with van der Waals surface area (Å²) in [6.07, 6.45) is 0. The number of anilines is 1. The number of hydrogen-bond acceptors (Lipinski definition) is 8. The lowest BCUT2D eigenvalue weighted by molar-refractivity contribution is 0.0607. The van der Waals surface area contributed by atoms with Gasteiger partial charge in [0.05, 0.1) is 39.8 Å². The van der Waals surface area contributed by atoms with Gasteiger partial charge >= 0.3 is 5.97 Å². The van der Waals surface area contributed by atoms with E-state index in [4.69, 9.17) is 18.9 Å². The molecule has 0 atom stereocenters. The van der Waals surface area contributed by atoms with Gasteiger partial charge in [-0.2, -0.15) is 5.10 Å². The second kappa shape index (κ2) is 8.39. The molecule has 0 bridgehead atoms. The molecule has 1 heterocycles. The van der Waals surface area contributed by atoms with Crippen LogP contribution in [0.4, 0.5) is 5.69 Å². The molecule has 0 saturated carbocycles. The zero-order chi connectivity index (χ0) is 18.4. The number of rotatable bonds is 7. The summed E-state index contributed by atoms with van der Waals surface area (Å²) >= 11 is 1.28. The van der Waals surface area contributed by atoms with E-state index in [2.05, 4.69) is 10.5 Å². The average molecular weight is 364 g/mol. The number of nitrogens with one attached hydrogen (secondary N) is 1. The third kappa shape index (κ3) is 4.03. The van der Waals surface area contributed by atoms with Crippen LogP contribution in [0.5, 0.6) is 17.2 Å². The van der Waals surface area contributed by atoms with Gasteiger partial charge < -0.3 is 18.9 Å². The summed E-state index contributed by atoms with van der Waals surface area (Å²) in [4.78, 5) is 12.2. The topological polar surface area (TPSA) is 78.4 Å². The first-order chi connectivity index (χ1) is 12.0. The summed E-state index contributed by atoms with van der Waals surface area (Å²) in [6, 6.07) is 5.37. The van der Waals surface area contributed by atoms with E-state index in [1.807, 2.05) is 6.92 Å². The quantitative estimate of drug-likeness (QED) is 0.461. The molecule has 0 unspecified atom stereocenters. The van der Waals surface area contributed by atoms with Crippen LogP contribution < -0.4 is 19.6 Å². The summed E-state index contributed by atoms with van der Waals surface area (Å²) in [5, 5.41) is 6.12. The molecule has 1 N–H and O–H groups in total. The standard InChI is InChI=1S/C17H20N2O5S/c1-10(18-19-12-6-7-25-16(12)17(20)24-5)11-8-13(21-2)15(23-4)14(9-11)22-3/h6-9,19H,1-5H3/b18-10-. The average Bonchev–Trinajstić information content (AvgIpc) is 3.12. The van der Waals surface area contributed by atoms with Crippen molar-refractivity contribution >= 4 is 28.7 Å². The molecule has 0 aliphatic rings. The molecule has 25 heavy (non-hydrogen) atoms. The predicted octanol–water partition coefficient (Wildman–Crippen LogP) is 3.40. The van der Waals surface area contributed by atoms with Crippen LogP contribution in [0, 0.1) is 0 Å². The van der Waals surface area contributed by atoms with E-state index in [9.17, 15) is 4.79 Å². The third-order valence-corrected chi connectivity index (χ3v) is 4.36. The highest BCUT2D eigenvalue weighted by Crippen LogP contribution is 2.38. The number of hydrazone groups is 1. The van der Waals surface area contributed by atoms with Gasteiger partial charge in [-0.15, -0.1) is 11.3 Å². The number of benzene rings is 1. The van der Waals surface area contributed by atoms with Gasteiger partial charge in [-0.05, 0) is 30.5 Å². The molecule has 0 amide bonds. The number of methoxy groups -OCH3 is 4. The van der Waals surface area contributed by atoms with Crippen molar-refractivity contribution in [2.75, 3.05) is 33.9 Å². The Bertz CT molecular complexity index is 760.